The smallest absolute Gasteiger partial charge is 0.358 e. The van der Waals surface area contributed by atoms with E-state index in [0.717, 1.165) is 10.2 Å². The first kappa shape index (κ1) is 12.0. The highest BCUT2D eigenvalue weighted by atomic mass is 35.5. The van der Waals surface area contributed by atoms with Gasteiger partial charge in [0.05, 0.1) is 17.4 Å². The lowest BCUT2D eigenvalue weighted by atomic mass is 10.4. The van der Waals surface area contributed by atoms with Crippen molar-refractivity contribution in [2.75, 3.05) is 0 Å². The molecular formula is C10H6ClN5O2S. The molecule has 0 amide bonds. The van der Waals surface area contributed by atoms with Gasteiger partial charge in [-0.2, -0.15) is 4.68 Å². The highest BCUT2D eigenvalue weighted by Crippen LogP contribution is 2.24. The molecule has 3 aromatic rings. The Balaban J connectivity index is 1.93. The number of rotatable bonds is 3. The Morgan fingerprint density at radius 2 is 2.26 bits per heavy atom. The van der Waals surface area contributed by atoms with Crippen LogP contribution < -0.4 is 0 Å². The molecule has 0 saturated carbocycles. The number of nitro groups is 1. The van der Waals surface area contributed by atoms with Crippen LogP contribution in [-0.2, 0) is 6.54 Å². The van der Waals surface area contributed by atoms with Crippen LogP contribution >= 0.6 is 22.9 Å². The van der Waals surface area contributed by atoms with Crippen LogP contribution in [0.5, 0.6) is 0 Å². The molecule has 0 aliphatic carbocycles. The second-order valence-corrected chi connectivity index (χ2v) is 4.95. The van der Waals surface area contributed by atoms with E-state index in [1.165, 1.54) is 28.3 Å². The van der Waals surface area contributed by atoms with Crippen molar-refractivity contribution in [2.24, 2.45) is 0 Å². The minimum atomic E-state index is -0.549. The molecule has 0 aliphatic rings. The van der Waals surface area contributed by atoms with Crippen LogP contribution in [0.4, 0.5) is 5.82 Å². The van der Waals surface area contributed by atoms with Gasteiger partial charge in [0.25, 0.3) is 0 Å². The molecule has 0 atom stereocenters. The van der Waals surface area contributed by atoms with Crippen LogP contribution in [0.1, 0.15) is 5.82 Å². The van der Waals surface area contributed by atoms with Crippen LogP contribution in [0.3, 0.4) is 0 Å². The zero-order chi connectivity index (χ0) is 13.4. The van der Waals surface area contributed by atoms with Crippen molar-refractivity contribution < 1.29 is 4.92 Å². The van der Waals surface area contributed by atoms with E-state index in [4.69, 9.17) is 11.6 Å². The third-order valence-corrected chi connectivity index (χ3v) is 3.54. The quantitative estimate of drug-likeness (QED) is 0.421. The summed E-state index contributed by atoms with van der Waals surface area (Å²) in [6.07, 6.45) is 1.51. The summed E-state index contributed by atoms with van der Waals surface area (Å²) < 4.78 is 1.41. The lowest BCUT2D eigenvalue weighted by Gasteiger charge is -1.99. The first-order valence-corrected chi connectivity index (χ1v) is 6.47. The van der Waals surface area contributed by atoms with Gasteiger partial charge in [0, 0.05) is 5.39 Å². The van der Waals surface area contributed by atoms with Gasteiger partial charge in [0.1, 0.15) is 16.5 Å². The number of halogens is 1. The Morgan fingerprint density at radius 1 is 1.42 bits per heavy atom. The summed E-state index contributed by atoms with van der Waals surface area (Å²) in [5, 5.41) is 17.4. The Kier molecular flexibility index (Phi) is 2.88. The highest BCUT2D eigenvalue weighted by Gasteiger charge is 2.13. The van der Waals surface area contributed by atoms with Crippen molar-refractivity contribution in [2.45, 2.75) is 6.54 Å². The van der Waals surface area contributed by atoms with E-state index in [1.807, 2.05) is 11.4 Å². The Morgan fingerprint density at radius 3 is 3.00 bits per heavy atom. The SMILES string of the molecule is O=[N+]([O-])c1ccn(Cc2nc(Cl)c3ccsc3n2)n1. The molecule has 7 nitrogen and oxygen atoms in total. The van der Waals surface area contributed by atoms with E-state index in [1.54, 1.807) is 0 Å². The average molecular weight is 296 g/mol. The van der Waals surface area contributed by atoms with Crippen LogP contribution in [0, 0.1) is 10.1 Å². The van der Waals surface area contributed by atoms with E-state index in [0.29, 0.717) is 11.0 Å². The molecule has 0 unspecified atom stereocenters. The molecule has 0 saturated heterocycles. The maximum Gasteiger partial charge on any atom is 0.389 e. The summed E-state index contributed by atoms with van der Waals surface area (Å²) in [4.78, 5) is 19.3. The van der Waals surface area contributed by atoms with Crippen molar-refractivity contribution in [3.8, 4) is 0 Å². The van der Waals surface area contributed by atoms with E-state index >= 15 is 0 Å². The van der Waals surface area contributed by atoms with Gasteiger partial charge in [-0.05, 0) is 16.4 Å². The summed E-state index contributed by atoms with van der Waals surface area (Å²) >= 11 is 7.51. The van der Waals surface area contributed by atoms with Gasteiger partial charge in [-0.3, -0.25) is 0 Å². The summed E-state index contributed by atoms with van der Waals surface area (Å²) in [6, 6.07) is 3.18. The van der Waals surface area contributed by atoms with Crippen LogP contribution in [0.25, 0.3) is 10.2 Å². The molecule has 0 bridgehead atoms. The van der Waals surface area contributed by atoms with E-state index in [9.17, 15) is 10.1 Å². The topological polar surface area (TPSA) is 86.7 Å². The van der Waals surface area contributed by atoms with Gasteiger partial charge in [0.15, 0.2) is 5.82 Å². The molecule has 0 aromatic carbocycles. The van der Waals surface area contributed by atoms with Gasteiger partial charge in [-0.1, -0.05) is 11.6 Å². The Bertz CT molecular complexity index is 768. The minimum absolute atomic E-state index is 0.205. The number of fused-ring (bicyclic) bond motifs is 1. The second kappa shape index (κ2) is 4.56. The van der Waals surface area contributed by atoms with Crippen molar-refractivity contribution in [1.82, 2.24) is 19.7 Å². The monoisotopic (exact) mass is 295 g/mol. The standard InChI is InChI=1S/C10H6ClN5O2S/c11-9-6-2-4-19-10(6)13-7(12-9)5-15-3-1-8(14-15)16(17)18/h1-4H,5H2. The average Bonchev–Trinajstić information content (AvgIpc) is 2.97. The second-order valence-electron chi connectivity index (χ2n) is 3.70. The van der Waals surface area contributed by atoms with Crippen LogP contribution in [0.15, 0.2) is 23.7 Å². The number of hydrogen-bond acceptors (Lipinski definition) is 6. The third kappa shape index (κ3) is 2.27. The largest absolute Gasteiger partial charge is 0.389 e. The van der Waals surface area contributed by atoms with Crippen molar-refractivity contribution in [3.63, 3.8) is 0 Å². The number of nitrogens with zero attached hydrogens (tertiary/aromatic N) is 5. The predicted molar refractivity (Wildman–Crippen MR) is 70.4 cm³/mol. The van der Waals surface area contributed by atoms with E-state index in [-0.39, 0.29) is 12.4 Å². The molecule has 0 spiro atoms. The fourth-order valence-electron chi connectivity index (χ4n) is 1.61. The summed E-state index contributed by atoms with van der Waals surface area (Å²) in [5.41, 5.74) is 0. The molecule has 0 N–H and O–H groups in total. The van der Waals surface area contributed by atoms with E-state index in [2.05, 4.69) is 15.1 Å². The van der Waals surface area contributed by atoms with Gasteiger partial charge < -0.3 is 10.1 Å². The highest BCUT2D eigenvalue weighted by molar-refractivity contribution is 7.16. The number of thiophene rings is 1. The first-order chi connectivity index (χ1) is 9.13. The van der Waals surface area contributed by atoms with Crippen molar-refractivity contribution in [3.05, 3.63) is 44.8 Å². The zero-order valence-corrected chi connectivity index (χ0v) is 10.9. The van der Waals surface area contributed by atoms with E-state index < -0.39 is 4.92 Å². The fraction of sp³-hybridized carbons (Fsp3) is 0.100. The van der Waals surface area contributed by atoms with Crippen molar-refractivity contribution in [1.29, 1.82) is 0 Å². The molecule has 0 fully saturated rings. The molecule has 19 heavy (non-hydrogen) atoms. The molecule has 9 heteroatoms. The summed E-state index contributed by atoms with van der Waals surface area (Å²) in [7, 11) is 0. The summed E-state index contributed by atoms with van der Waals surface area (Å²) in [6.45, 7) is 0.238. The maximum atomic E-state index is 10.5. The molecular weight excluding hydrogens is 290 g/mol. The zero-order valence-electron chi connectivity index (χ0n) is 9.36. The lowest BCUT2D eigenvalue weighted by molar-refractivity contribution is -0.389. The predicted octanol–water partition coefficient (Wildman–Crippen LogP) is 2.50. The fourth-order valence-corrected chi connectivity index (χ4v) is 2.70. The molecule has 3 heterocycles. The summed E-state index contributed by atoms with van der Waals surface area (Å²) in [5.74, 6) is 0.265. The Hall–Kier alpha value is -2.06. The van der Waals surface area contributed by atoms with Gasteiger partial charge in [-0.25, -0.2) is 9.97 Å². The molecule has 0 radical (unpaired) electrons. The lowest BCUT2D eigenvalue weighted by Crippen LogP contribution is -2.05. The Labute approximate surface area is 115 Å². The maximum absolute atomic E-state index is 10.5. The van der Waals surface area contributed by atoms with Crippen LogP contribution in [-0.4, -0.2) is 24.7 Å². The normalized spacial score (nSPS) is 11.0. The van der Waals surface area contributed by atoms with Gasteiger partial charge >= 0.3 is 5.82 Å². The van der Waals surface area contributed by atoms with Crippen molar-refractivity contribution >= 4 is 39.0 Å². The molecule has 96 valence electrons. The first-order valence-electron chi connectivity index (χ1n) is 5.21. The molecule has 3 rings (SSSR count). The number of aromatic nitrogens is 4. The van der Waals surface area contributed by atoms with Gasteiger partial charge in [0.2, 0.25) is 0 Å². The van der Waals surface area contributed by atoms with Crippen LogP contribution in [0.2, 0.25) is 5.15 Å². The minimum Gasteiger partial charge on any atom is -0.358 e. The molecule has 0 aliphatic heterocycles. The third-order valence-electron chi connectivity index (χ3n) is 2.44. The van der Waals surface area contributed by atoms with Gasteiger partial charge in [-0.15, -0.1) is 11.3 Å². The number of hydrogen-bond donors (Lipinski definition) is 0. The molecule has 3 aromatic heterocycles.